The monoisotopic (exact) mass is 161 g/mol. The second kappa shape index (κ2) is 4.47. The molecule has 3 nitrogen and oxygen atoms in total. The standard InChI is InChI=1S/C9H11N3/c1-8(5-10)12-7-9-3-2-4-11-6-9/h2-4,6,8,12H,7H2,1H3. The lowest BCUT2D eigenvalue weighted by Crippen LogP contribution is -2.23. The Morgan fingerprint density at radius 1 is 1.75 bits per heavy atom. The third kappa shape index (κ3) is 2.69. The molecule has 0 fully saturated rings. The molecule has 0 bridgehead atoms. The van der Waals surface area contributed by atoms with Gasteiger partial charge in [-0.15, -0.1) is 0 Å². The highest BCUT2D eigenvalue weighted by molar-refractivity contribution is 5.08. The largest absolute Gasteiger partial charge is 0.298 e. The molecule has 3 heteroatoms. The Morgan fingerprint density at radius 2 is 2.58 bits per heavy atom. The van der Waals surface area contributed by atoms with Gasteiger partial charge in [0.25, 0.3) is 0 Å². The molecule has 1 unspecified atom stereocenters. The Balaban J connectivity index is 2.40. The van der Waals surface area contributed by atoms with E-state index in [1.54, 1.807) is 12.4 Å². The van der Waals surface area contributed by atoms with Gasteiger partial charge in [-0.3, -0.25) is 10.3 Å². The smallest absolute Gasteiger partial charge is 0.0927 e. The minimum Gasteiger partial charge on any atom is -0.298 e. The van der Waals surface area contributed by atoms with E-state index in [1.165, 1.54) is 0 Å². The van der Waals surface area contributed by atoms with Gasteiger partial charge in [-0.05, 0) is 18.6 Å². The van der Waals surface area contributed by atoms with E-state index in [1.807, 2.05) is 19.1 Å². The molecule has 1 heterocycles. The van der Waals surface area contributed by atoms with Crippen LogP contribution in [0.2, 0.25) is 0 Å². The first-order valence-electron chi connectivity index (χ1n) is 3.85. The number of pyridine rings is 1. The number of hydrogen-bond donors (Lipinski definition) is 1. The van der Waals surface area contributed by atoms with Crippen LogP contribution in [0.3, 0.4) is 0 Å². The zero-order valence-electron chi connectivity index (χ0n) is 6.99. The summed E-state index contributed by atoms with van der Waals surface area (Å²) in [5.41, 5.74) is 1.10. The van der Waals surface area contributed by atoms with E-state index in [9.17, 15) is 0 Å². The molecule has 62 valence electrons. The normalized spacial score (nSPS) is 12.0. The van der Waals surface area contributed by atoms with Crippen molar-refractivity contribution in [3.63, 3.8) is 0 Å². The first kappa shape index (κ1) is 8.69. The molecule has 0 saturated carbocycles. The molecule has 1 rings (SSSR count). The molecule has 0 aromatic carbocycles. The predicted octanol–water partition coefficient (Wildman–Crippen LogP) is 1.08. The fourth-order valence-electron chi connectivity index (χ4n) is 0.819. The van der Waals surface area contributed by atoms with Crippen molar-refractivity contribution in [3.8, 4) is 6.07 Å². The number of nitrogens with zero attached hydrogens (tertiary/aromatic N) is 2. The summed E-state index contributed by atoms with van der Waals surface area (Å²) in [5.74, 6) is 0. The van der Waals surface area contributed by atoms with Crippen LogP contribution in [0.15, 0.2) is 24.5 Å². The van der Waals surface area contributed by atoms with Crippen LogP contribution in [0.25, 0.3) is 0 Å². The lowest BCUT2D eigenvalue weighted by Gasteiger charge is -2.04. The summed E-state index contributed by atoms with van der Waals surface area (Å²) in [6.07, 6.45) is 3.52. The third-order valence-corrected chi connectivity index (χ3v) is 1.53. The molecular weight excluding hydrogens is 150 g/mol. The van der Waals surface area contributed by atoms with E-state index in [4.69, 9.17) is 5.26 Å². The van der Waals surface area contributed by atoms with E-state index in [0.717, 1.165) is 5.56 Å². The van der Waals surface area contributed by atoms with Crippen LogP contribution in [-0.2, 0) is 6.54 Å². The number of nitriles is 1. The zero-order chi connectivity index (χ0) is 8.81. The quantitative estimate of drug-likeness (QED) is 0.721. The van der Waals surface area contributed by atoms with Gasteiger partial charge in [-0.25, -0.2) is 0 Å². The summed E-state index contributed by atoms with van der Waals surface area (Å²) in [6.45, 7) is 2.53. The van der Waals surface area contributed by atoms with E-state index in [-0.39, 0.29) is 6.04 Å². The molecule has 1 aromatic heterocycles. The summed E-state index contributed by atoms with van der Waals surface area (Å²) >= 11 is 0. The van der Waals surface area contributed by atoms with Crippen molar-refractivity contribution < 1.29 is 0 Å². The molecule has 12 heavy (non-hydrogen) atoms. The van der Waals surface area contributed by atoms with Gasteiger partial charge in [0.15, 0.2) is 0 Å². The number of aromatic nitrogens is 1. The van der Waals surface area contributed by atoms with Gasteiger partial charge in [-0.1, -0.05) is 6.07 Å². The van der Waals surface area contributed by atoms with E-state index < -0.39 is 0 Å². The van der Waals surface area contributed by atoms with Crippen LogP contribution < -0.4 is 5.32 Å². The van der Waals surface area contributed by atoms with Crippen molar-refractivity contribution in [2.75, 3.05) is 0 Å². The van der Waals surface area contributed by atoms with Gasteiger partial charge in [0.2, 0.25) is 0 Å². The maximum atomic E-state index is 8.48. The van der Waals surface area contributed by atoms with E-state index >= 15 is 0 Å². The topological polar surface area (TPSA) is 48.7 Å². The molecule has 1 aromatic rings. The lowest BCUT2D eigenvalue weighted by atomic mass is 10.2. The van der Waals surface area contributed by atoms with Gasteiger partial charge in [0.05, 0.1) is 12.1 Å². The number of rotatable bonds is 3. The minimum atomic E-state index is -0.106. The SMILES string of the molecule is CC(C#N)NCc1cccnc1. The fraction of sp³-hybridized carbons (Fsp3) is 0.333. The van der Waals surface area contributed by atoms with Crippen molar-refractivity contribution >= 4 is 0 Å². The van der Waals surface area contributed by atoms with Gasteiger partial charge in [0.1, 0.15) is 0 Å². The Bertz CT molecular complexity index is 263. The molecule has 1 atom stereocenters. The highest BCUT2D eigenvalue weighted by atomic mass is 14.9. The molecular formula is C9H11N3. The lowest BCUT2D eigenvalue weighted by molar-refractivity contribution is 0.641. The van der Waals surface area contributed by atoms with Gasteiger partial charge in [-0.2, -0.15) is 5.26 Å². The van der Waals surface area contributed by atoms with Crippen molar-refractivity contribution in [2.45, 2.75) is 19.5 Å². The predicted molar refractivity (Wildman–Crippen MR) is 46.2 cm³/mol. The Morgan fingerprint density at radius 3 is 3.17 bits per heavy atom. The highest BCUT2D eigenvalue weighted by Crippen LogP contribution is 1.94. The molecule has 0 aliphatic carbocycles. The zero-order valence-corrected chi connectivity index (χ0v) is 6.99. The summed E-state index contributed by atoms with van der Waals surface area (Å²) in [4.78, 5) is 3.97. The maximum Gasteiger partial charge on any atom is 0.0927 e. The summed E-state index contributed by atoms with van der Waals surface area (Å²) < 4.78 is 0. The van der Waals surface area contributed by atoms with E-state index in [2.05, 4.69) is 16.4 Å². The molecule has 0 saturated heterocycles. The average molecular weight is 161 g/mol. The van der Waals surface area contributed by atoms with E-state index in [0.29, 0.717) is 6.54 Å². The third-order valence-electron chi connectivity index (χ3n) is 1.53. The molecule has 0 aliphatic rings. The number of hydrogen-bond acceptors (Lipinski definition) is 3. The molecule has 0 aliphatic heterocycles. The van der Waals surface area contributed by atoms with Crippen LogP contribution in [0.4, 0.5) is 0 Å². The van der Waals surface area contributed by atoms with Crippen molar-refractivity contribution in [1.82, 2.24) is 10.3 Å². The van der Waals surface area contributed by atoms with Crippen LogP contribution in [-0.4, -0.2) is 11.0 Å². The van der Waals surface area contributed by atoms with Crippen LogP contribution in [0.5, 0.6) is 0 Å². The van der Waals surface area contributed by atoms with Crippen LogP contribution in [0.1, 0.15) is 12.5 Å². The van der Waals surface area contributed by atoms with Gasteiger partial charge >= 0.3 is 0 Å². The van der Waals surface area contributed by atoms with Gasteiger partial charge < -0.3 is 0 Å². The second-order valence-corrected chi connectivity index (χ2v) is 2.59. The second-order valence-electron chi connectivity index (χ2n) is 2.59. The summed E-state index contributed by atoms with van der Waals surface area (Å²) in [7, 11) is 0. The Hall–Kier alpha value is -1.40. The Labute approximate surface area is 72.1 Å². The van der Waals surface area contributed by atoms with Crippen LogP contribution in [0, 0.1) is 11.3 Å². The van der Waals surface area contributed by atoms with Crippen molar-refractivity contribution in [1.29, 1.82) is 5.26 Å². The minimum absolute atomic E-state index is 0.106. The van der Waals surface area contributed by atoms with Gasteiger partial charge in [0, 0.05) is 18.9 Å². The van der Waals surface area contributed by atoms with Crippen molar-refractivity contribution in [2.24, 2.45) is 0 Å². The Kier molecular flexibility index (Phi) is 3.24. The number of nitrogens with one attached hydrogen (secondary N) is 1. The molecule has 0 radical (unpaired) electrons. The summed E-state index contributed by atoms with van der Waals surface area (Å²) in [5, 5.41) is 11.5. The van der Waals surface area contributed by atoms with Crippen molar-refractivity contribution in [3.05, 3.63) is 30.1 Å². The molecule has 0 amide bonds. The fourth-order valence-corrected chi connectivity index (χ4v) is 0.819. The average Bonchev–Trinajstić information content (AvgIpc) is 2.16. The highest BCUT2D eigenvalue weighted by Gasteiger charge is 1.97. The maximum absolute atomic E-state index is 8.48. The molecule has 0 spiro atoms. The van der Waals surface area contributed by atoms with Crippen LogP contribution >= 0.6 is 0 Å². The molecule has 1 N–H and O–H groups in total. The first-order valence-corrected chi connectivity index (χ1v) is 3.85. The summed E-state index contributed by atoms with van der Waals surface area (Å²) in [6, 6.07) is 5.86. The first-order chi connectivity index (χ1) is 5.83.